The van der Waals surface area contributed by atoms with Crippen molar-refractivity contribution in [2.75, 3.05) is 5.88 Å². The molecule has 0 aromatic heterocycles. The fourth-order valence-electron chi connectivity index (χ4n) is 1.32. The number of rotatable bonds is 2. The zero-order chi connectivity index (χ0) is 9.14. The monoisotopic (exact) mass is 207 g/mol. The average molecular weight is 208 g/mol. The molecule has 2 atom stereocenters. The molecule has 0 aromatic carbocycles. The van der Waals surface area contributed by atoms with Crippen LogP contribution in [0.25, 0.3) is 0 Å². The SMILES string of the molecule is NC1CC=C(Cl)CC1C(=O)CCl. The summed E-state index contributed by atoms with van der Waals surface area (Å²) in [5, 5.41) is 0.722. The highest BCUT2D eigenvalue weighted by molar-refractivity contribution is 6.30. The highest BCUT2D eigenvalue weighted by atomic mass is 35.5. The summed E-state index contributed by atoms with van der Waals surface area (Å²) in [4.78, 5) is 11.2. The van der Waals surface area contributed by atoms with Gasteiger partial charge in [-0.25, -0.2) is 0 Å². The summed E-state index contributed by atoms with van der Waals surface area (Å²) in [5.74, 6) is -0.155. The van der Waals surface area contributed by atoms with Crippen LogP contribution in [0.15, 0.2) is 11.1 Å². The van der Waals surface area contributed by atoms with Gasteiger partial charge in [0.2, 0.25) is 0 Å². The molecule has 0 aliphatic heterocycles. The first kappa shape index (κ1) is 10.0. The Kier molecular flexibility index (Phi) is 3.56. The second kappa shape index (κ2) is 4.26. The van der Waals surface area contributed by atoms with Crippen LogP contribution in [-0.4, -0.2) is 17.7 Å². The predicted molar refractivity (Wildman–Crippen MR) is 50.4 cm³/mol. The van der Waals surface area contributed by atoms with Gasteiger partial charge in [-0.3, -0.25) is 4.79 Å². The minimum Gasteiger partial charge on any atom is -0.327 e. The number of Topliss-reactive ketones (excluding diaryl/α,β-unsaturated/α-hetero) is 1. The molecule has 0 aromatic rings. The molecule has 0 saturated heterocycles. The van der Waals surface area contributed by atoms with Crippen molar-refractivity contribution in [3.63, 3.8) is 0 Å². The van der Waals surface area contributed by atoms with Gasteiger partial charge >= 0.3 is 0 Å². The Morgan fingerprint density at radius 1 is 1.75 bits per heavy atom. The summed E-state index contributed by atoms with van der Waals surface area (Å²) in [5.41, 5.74) is 5.73. The molecule has 68 valence electrons. The van der Waals surface area contributed by atoms with Crippen LogP contribution in [0.1, 0.15) is 12.8 Å². The number of ketones is 1. The molecule has 12 heavy (non-hydrogen) atoms. The van der Waals surface area contributed by atoms with E-state index >= 15 is 0 Å². The molecule has 1 rings (SSSR count). The van der Waals surface area contributed by atoms with E-state index in [1.807, 2.05) is 6.08 Å². The average Bonchev–Trinajstić information content (AvgIpc) is 2.08. The zero-order valence-corrected chi connectivity index (χ0v) is 8.11. The number of alkyl halides is 1. The third-order valence-electron chi connectivity index (χ3n) is 2.09. The fraction of sp³-hybridized carbons (Fsp3) is 0.625. The Bertz CT molecular complexity index is 215. The number of hydrogen-bond donors (Lipinski definition) is 1. The van der Waals surface area contributed by atoms with Crippen LogP contribution in [0.4, 0.5) is 0 Å². The van der Waals surface area contributed by atoms with Crippen molar-refractivity contribution in [2.45, 2.75) is 18.9 Å². The molecule has 4 heteroatoms. The van der Waals surface area contributed by atoms with E-state index in [1.165, 1.54) is 0 Å². The van der Waals surface area contributed by atoms with Gasteiger partial charge in [-0.15, -0.1) is 11.6 Å². The second-order valence-corrected chi connectivity index (χ2v) is 3.71. The highest BCUT2D eigenvalue weighted by Crippen LogP contribution is 2.26. The lowest BCUT2D eigenvalue weighted by atomic mass is 9.87. The molecule has 0 heterocycles. The summed E-state index contributed by atoms with van der Waals surface area (Å²) in [7, 11) is 0. The van der Waals surface area contributed by atoms with Crippen LogP contribution in [0.2, 0.25) is 0 Å². The van der Waals surface area contributed by atoms with Gasteiger partial charge in [-0.1, -0.05) is 17.7 Å². The van der Waals surface area contributed by atoms with Gasteiger partial charge < -0.3 is 5.73 Å². The number of carbonyl (C=O) groups excluding carboxylic acids is 1. The molecule has 2 N–H and O–H groups in total. The Balaban J connectivity index is 2.65. The van der Waals surface area contributed by atoms with E-state index in [0.717, 1.165) is 5.03 Å². The Hall–Kier alpha value is -0.0500. The molecular weight excluding hydrogens is 197 g/mol. The van der Waals surface area contributed by atoms with Crippen molar-refractivity contribution in [3.8, 4) is 0 Å². The number of allylic oxidation sites excluding steroid dienone is 1. The van der Waals surface area contributed by atoms with Crippen molar-refractivity contribution in [3.05, 3.63) is 11.1 Å². The summed E-state index contributed by atoms with van der Waals surface area (Å²) in [6.07, 6.45) is 3.09. The predicted octanol–water partition coefficient (Wildman–Crippen LogP) is 1.65. The highest BCUT2D eigenvalue weighted by Gasteiger charge is 2.27. The van der Waals surface area contributed by atoms with E-state index in [2.05, 4.69) is 0 Å². The van der Waals surface area contributed by atoms with Gasteiger partial charge in [0.1, 0.15) is 0 Å². The quantitative estimate of drug-likeness (QED) is 0.701. The number of carbonyl (C=O) groups is 1. The lowest BCUT2D eigenvalue weighted by Crippen LogP contribution is -2.37. The molecule has 0 fully saturated rings. The lowest BCUT2D eigenvalue weighted by molar-refractivity contribution is -0.121. The zero-order valence-electron chi connectivity index (χ0n) is 6.59. The summed E-state index contributed by atoms with van der Waals surface area (Å²) >= 11 is 11.2. The molecule has 0 radical (unpaired) electrons. The fourth-order valence-corrected chi connectivity index (χ4v) is 1.78. The van der Waals surface area contributed by atoms with Crippen molar-refractivity contribution < 1.29 is 4.79 Å². The topological polar surface area (TPSA) is 43.1 Å². The number of nitrogens with two attached hydrogens (primary N) is 1. The van der Waals surface area contributed by atoms with Crippen LogP contribution in [-0.2, 0) is 4.79 Å². The van der Waals surface area contributed by atoms with Crippen LogP contribution in [0.5, 0.6) is 0 Å². The third-order valence-corrected chi connectivity index (χ3v) is 2.66. The minimum absolute atomic E-state index is 0.00424. The van der Waals surface area contributed by atoms with Crippen LogP contribution in [0.3, 0.4) is 0 Å². The largest absolute Gasteiger partial charge is 0.327 e. The normalized spacial score (nSPS) is 29.8. The van der Waals surface area contributed by atoms with Gasteiger partial charge in [0.25, 0.3) is 0 Å². The first-order valence-corrected chi connectivity index (χ1v) is 4.75. The summed E-state index contributed by atoms with van der Waals surface area (Å²) in [6, 6.07) is -0.112. The maximum absolute atomic E-state index is 11.2. The minimum atomic E-state index is -0.181. The Morgan fingerprint density at radius 3 is 3.00 bits per heavy atom. The van der Waals surface area contributed by atoms with Crippen molar-refractivity contribution >= 4 is 29.0 Å². The molecule has 0 amide bonds. The van der Waals surface area contributed by atoms with Gasteiger partial charge in [0, 0.05) is 17.0 Å². The molecule has 2 nitrogen and oxygen atoms in total. The molecule has 2 unspecified atom stereocenters. The van der Waals surface area contributed by atoms with E-state index < -0.39 is 0 Å². The number of halogens is 2. The van der Waals surface area contributed by atoms with Gasteiger partial charge in [0.15, 0.2) is 5.78 Å². The summed E-state index contributed by atoms with van der Waals surface area (Å²) < 4.78 is 0. The molecule has 1 aliphatic rings. The first-order valence-electron chi connectivity index (χ1n) is 3.84. The van der Waals surface area contributed by atoms with E-state index in [1.54, 1.807) is 0 Å². The van der Waals surface area contributed by atoms with Crippen LogP contribution in [0, 0.1) is 5.92 Å². The molecule has 0 saturated carbocycles. The van der Waals surface area contributed by atoms with Crippen LogP contribution < -0.4 is 5.73 Å². The third kappa shape index (κ3) is 2.22. The molecule has 1 aliphatic carbocycles. The standard InChI is InChI=1S/C8H11Cl2NO/c9-4-8(12)6-3-5(10)1-2-7(6)11/h1,6-7H,2-4,11H2. The molecular formula is C8H11Cl2NO. The van der Waals surface area contributed by atoms with E-state index in [-0.39, 0.29) is 23.6 Å². The van der Waals surface area contributed by atoms with E-state index in [4.69, 9.17) is 28.9 Å². The van der Waals surface area contributed by atoms with Crippen LogP contribution >= 0.6 is 23.2 Å². The maximum atomic E-state index is 11.2. The Labute approximate surface area is 81.7 Å². The second-order valence-electron chi connectivity index (χ2n) is 2.96. The van der Waals surface area contributed by atoms with Crippen molar-refractivity contribution in [1.29, 1.82) is 0 Å². The maximum Gasteiger partial charge on any atom is 0.152 e. The van der Waals surface area contributed by atoms with Gasteiger partial charge in [0.05, 0.1) is 5.88 Å². The molecule has 0 bridgehead atoms. The van der Waals surface area contributed by atoms with Gasteiger partial charge in [-0.05, 0) is 12.8 Å². The number of hydrogen-bond acceptors (Lipinski definition) is 2. The first-order chi connectivity index (χ1) is 5.65. The summed E-state index contributed by atoms with van der Waals surface area (Å²) in [6.45, 7) is 0. The smallest absolute Gasteiger partial charge is 0.152 e. The Morgan fingerprint density at radius 2 is 2.42 bits per heavy atom. The van der Waals surface area contributed by atoms with Crippen molar-refractivity contribution in [2.24, 2.45) is 11.7 Å². The van der Waals surface area contributed by atoms with Gasteiger partial charge in [-0.2, -0.15) is 0 Å². The molecule has 0 spiro atoms. The van der Waals surface area contributed by atoms with E-state index in [9.17, 15) is 4.79 Å². The lowest BCUT2D eigenvalue weighted by Gasteiger charge is -2.24. The van der Waals surface area contributed by atoms with E-state index in [0.29, 0.717) is 12.8 Å². The van der Waals surface area contributed by atoms with Crippen molar-refractivity contribution in [1.82, 2.24) is 0 Å².